The van der Waals surface area contributed by atoms with E-state index < -0.39 is 0 Å². The fourth-order valence-corrected chi connectivity index (χ4v) is 9.06. The highest BCUT2D eigenvalue weighted by Gasteiger charge is 2.20. The van der Waals surface area contributed by atoms with Gasteiger partial charge in [-0.05, 0) is 77.5 Å². The molecular formula is C46H28N2OS. The van der Waals surface area contributed by atoms with Gasteiger partial charge in [0.2, 0.25) is 0 Å². The van der Waals surface area contributed by atoms with E-state index in [0.717, 1.165) is 50.2 Å². The number of hydrogen-bond donors (Lipinski definition) is 0. The van der Waals surface area contributed by atoms with Crippen molar-refractivity contribution in [3.05, 3.63) is 170 Å². The Morgan fingerprint density at radius 2 is 1.06 bits per heavy atom. The Morgan fingerprint density at radius 1 is 0.420 bits per heavy atom. The van der Waals surface area contributed by atoms with Crippen molar-refractivity contribution in [1.29, 1.82) is 0 Å². The van der Waals surface area contributed by atoms with Crippen LogP contribution >= 0.6 is 11.3 Å². The van der Waals surface area contributed by atoms with Crippen LogP contribution in [0.5, 0.6) is 0 Å². The Hall–Kier alpha value is -6.36. The van der Waals surface area contributed by atoms with Crippen molar-refractivity contribution < 1.29 is 4.42 Å². The van der Waals surface area contributed by atoms with Crippen LogP contribution in [0.15, 0.2) is 174 Å². The quantitative estimate of drug-likeness (QED) is 0.188. The molecule has 50 heavy (non-hydrogen) atoms. The molecule has 11 rings (SSSR count). The van der Waals surface area contributed by atoms with Gasteiger partial charge < -0.3 is 13.9 Å². The first-order chi connectivity index (χ1) is 24.8. The van der Waals surface area contributed by atoms with E-state index in [0.29, 0.717) is 0 Å². The van der Waals surface area contributed by atoms with Gasteiger partial charge in [-0.15, -0.1) is 11.3 Å². The smallest absolute Gasteiger partial charge is 0.137 e. The topological polar surface area (TPSA) is 21.3 Å². The summed E-state index contributed by atoms with van der Waals surface area (Å²) in [6, 6.07) is 61.3. The molecule has 0 fully saturated rings. The monoisotopic (exact) mass is 656 g/mol. The number of furan rings is 1. The van der Waals surface area contributed by atoms with Gasteiger partial charge in [0.1, 0.15) is 11.2 Å². The number of rotatable bonds is 4. The molecule has 0 aliphatic heterocycles. The van der Waals surface area contributed by atoms with Crippen molar-refractivity contribution in [3.63, 3.8) is 0 Å². The van der Waals surface area contributed by atoms with Gasteiger partial charge in [-0.2, -0.15) is 0 Å². The summed E-state index contributed by atoms with van der Waals surface area (Å²) in [5.74, 6) is 0. The average molecular weight is 657 g/mol. The summed E-state index contributed by atoms with van der Waals surface area (Å²) < 4.78 is 11.4. The van der Waals surface area contributed by atoms with Crippen LogP contribution in [0.25, 0.3) is 80.4 Å². The third-order valence-electron chi connectivity index (χ3n) is 10.2. The Balaban J connectivity index is 1.20. The zero-order valence-electron chi connectivity index (χ0n) is 26.9. The van der Waals surface area contributed by atoms with Gasteiger partial charge in [-0.25, -0.2) is 0 Å². The SMILES string of the molecule is c1ccc(-n2c3cc(N(c4ccc5c(c4)oc4ccccc45)c4ccc5c(c4)sc4ccccc45)ccc3c3c4ccccc4ccc32)cc1. The van der Waals surface area contributed by atoms with Crippen molar-refractivity contribution >= 4 is 103 Å². The maximum Gasteiger partial charge on any atom is 0.137 e. The molecule has 0 N–H and O–H groups in total. The number of nitrogens with zero attached hydrogens (tertiary/aromatic N) is 2. The van der Waals surface area contributed by atoms with E-state index >= 15 is 0 Å². The summed E-state index contributed by atoms with van der Waals surface area (Å²) in [7, 11) is 0. The largest absolute Gasteiger partial charge is 0.456 e. The van der Waals surface area contributed by atoms with E-state index in [1.54, 1.807) is 0 Å². The summed E-state index contributed by atoms with van der Waals surface area (Å²) in [6.45, 7) is 0. The van der Waals surface area contributed by atoms with Crippen LogP contribution in [-0.2, 0) is 0 Å². The molecule has 4 heteroatoms. The van der Waals surface area contributed by atoms with Crippen LogP contribution in [0.2, 0.25) is 0 Å². The van der Waals surface area contributed by atoms with Crippen LogP contribution in [0.4, 0.5) is 17.1 Å². The second-order valence-electron chi connectivity index (χ2n) is 12.9. The third kappa shape index (κ3) is 4.03. The maximum atomic E-state index is 6.42. The van der Waals surface area contributed by atoms with Crippen molar-refractivity contribution in [2.45, 2.75) is 0 Å². The van der Waals surface area contributed by atoms with Gasteiger partial charge in [0, 0.05) is 70.5 Å². The second-order valence-corrected chi connectivity index (χ2v) is 14.0. The molecule has 3 nitrogen and oxygen atoms in total. The molecule has 0 saturated heterocycles. The highest BCUT2D eigenvalue weighted by Crippen LogP contribution is 2.44. The van der Waals surface area contributed by atoms with E-state index in [4.69, 9.17) is 4.42 Å². The van der Waals surface area contributed by atoms with E-state index in [-0.39, 0.29) is 0 Å². The zero-order chi connectivity index (χ0) is 32.8. The standard InChI is InChI=1S/C46H28N2OS/c1-2-11-30(12-3-1)48-40-25-18-29-10-4-5-13-34(29)46(40)39-24-21-31(26-41(39)48)47(32-19-22-36-35-14-6-8-16-42(35)49-43(36)27-32)33-20-23-38-37-15-7-9-17-44(37)50-45(38)28-33/h1-28H. The maximum absolute atomic E-state index is 6.42. The number of para-hydroxylation sites is 2. The van der Waals surface area contributed by atoms with E-state index in [1.807, 2.05) is 23.5 Å². The molecule has 0 bridgehead atoms. The Morgan fingerprint density at radius 3 is 1.94 bits per heavy atom. The molecule has 0 amide bonds. The Bertz CT molecular complexity index is 3000. The minimum absolute atomic E-state index is 0.877. The summed E-state index contributed by atoms with van der Waals surface area (Å²) in [6.07, 6.45) is 0. The number of hydrogen-bond acceptors (Lipinski definition) is 3. The number of thiophene rings is 1. The minimum Gasteiger partial charge on any atom is -0.456 e. The molecule has 234 valence electrons. The predicted molar refractivity (Wildman–Crippen MR) is 213 cm³/mol. The van der Waals surface area contributed by atoms with Crippen LogP contribution in [-0.4, -0.2) is 4.57 Å². The van der Waals surface area contributed by atoms with Gasteiger partial charge in [0.15, 0.2) is 0 Å². The molecule has 8 aromatic carbocycles. The molecule has 0 unspecified atom stereocenters. The third-order valence-corrected chi connectivity index (χ3v) is 11.3. The first-order valence-corrected chi connectivity index (χ1v) is 17.7. The minimum atomic E-state index is 0.877. The molecule has 3 heterocycles. The lowest BCUT2D eigenvalue weighted by molar-refractivity contribution is 0.669. The number of anilines is 3. The Kier molecular flexibility index (Phi) is 5.83. The van der Waals surface area contributed by atoms with Gasteiger partial charge in [0.25, 0.3) is 0 Å². The fourth-order valence-electron chi connectivity index (χ4n) is 7.92. The first-order valence-electron chi connectivity index (χ1n) is 16.9. The van der Waals surface area contributed by atoms with Crippen molar-refractivity contribution in [3.8, 4) is 5.69 Å². The summed E-state index contributed by atoms with van der Waals surface area (Å²) >= 11 is 1.85. The Labute approximate surface area is 291 Å². The number of benzene rings is 8. The lowest BCUT2D eigenvalue weighted by atomic mass is 10.0. The molecule has 0 aliphatic rings. The molecule has 0 aliphatic carbocycles. The summed E-state index contributed by atoms with van der Waals surface area (Å²) in [5.41, 5.74) is 8.51. The number of fused-ring (bicyclic) bond motifs is 11. The molecule has 11 aromatic rings. The second kappa shape index (κ2) is 10.6. The first kappa shape index (κ1) is 27.6. The van der Waals surface area contributed by atoms with Gasteiger partial charge in [-0.3, -0.25) is 0 Å². The van der Waals surface area contributed by atoms with Crippen molar-refractivity contribution in [1.82, 2.24) is 4.57 Å². The molecular weight excluding hydrogens is 629 g/mol. The van der Waals surface area contributed by atoms with Gasteiger partial charge in [0.05, 0.1) is 11.0 Å². The molecule has 0 saturated carbocycles. The summed E-state index contributed by atoms with van der Waals surface area (Å²) in [5, 5.41) is 9.86. The predicted octanol–water partition coefficient (Wildman–Crippen LogP) is 13.7. The van der Waals surface area contributed by atoms with Crippen molar-refractivity contribution in [2.75, 3.05) is 4.90 Å². The lowest BCUT2D eigenvalue weighted by Crippen LogP contribution is -2.10. The van der Waals surface area contributed by atoms with Crippen molar-refractivity contribution in [2.24, 2.45) is 0 Å². The number of aromatic nitrogens is 1. The van der Waals surface area contributed by atoms with E-state index in [2.05, 4.69) is 167 Å². The van der Waals surface area contributed by atoms with Crippen LogP contribution in [0.1, 0.15) is 0 Å². The highest BCUT2D eigenvalue weighted by molar-refractivity contribution is 7.25. The van der Waals surface area contributed by atoms with E-state index in [1.165, 1.54) is 47.2 Å². The van der Waals surface area contributed by atoms with Crippen LogP contribution in [0.3, 0.4) is 0 Å². The highest BCUT2D eigenvalue weighted by atomic mass is 32.1. The van der Waals surface area contributed by atoms with Crippen LogP contribution in [0, 0.1) is 0 Å². The van der Waals surface area contributed by atoms with Gasteiger partial charge >= 0.3 is 0 Å². The fraction of sp³-hybridized carbons (Fsp3) is 0. The molecule has 0 spiro atoms. The molecule has 3 aromatic heterocycles. The van der Waals surface area contributed by atoms with E-state index in [9.17, 15) is 0 Å². The molecule has 0 atom stereocenters. The summed E-state index contributed by atoms with van der Waals surface area (Å²) in [4.78, 5) is 2.38. The normalized spacial score (nSPS) is 12.0. The molecule has 0 radical (unpaired) electrons. The zero-order valence-corrected chi connectivity index (χ0v) is 27.7. The van der Waals surface area contributed by atoms with Crippen LogP contribution < -0.4 is 4.90 Å². The van der Waals surface area contributed by atoms with Gasteiger partial charge in [-0.1, -0.05) is 97.1 Å². The average Bonchev–Trinajstić information content (AvgIpc) is 3.84. The lowest BCUT2D eigenvalue weighted by Gasteiger charge is -2.26.